The summed E-state index contributed by atoms with van der Waals surface area (Å²) in [6, 6.07) is 6.42. The first-order valence-corrected chi connectivity index (χ1v) is 4.69. The van der Waals surface area contributed by atoms with Crippen molar-refractivity contribution < 1.29 is 9.53 Å². The number of ether oxygens (including phenoxy) is 1. The molecule has 0 saturated heterocycles. The Labute approximate surface area is 95.0 Å². The van der Waals surface area contributed by atoms with Gasteiger partial charge >= 0.3 is 5.69 Å². The number of nitrogens with one attached hydrogen (secondary N) is 1. The molecule has 0 fully saturated rings. The third-order valence-corrected chi connectivity index (χ3v) is 1.93. The fraction of sp³-hybridized carbons (Fsp3) is 0.111. The van der Waals surface area contributed by atoms with Gasteiger partial charge in [-0.25, -0.2) is 9.89 Å². The highest BCUT2D eigenvalue weighted by Gasteiger charge is 2.03. The number of hydrogen-bond acceptors (Lipinski definition) is 5. The van der Waals surface area contributed by atoms with Crippen molar-refractivity contribution >= 4 is 5.91 Å². The van der Waals surface area contributed by atoms with Gasteiger partial charge in [0.15, 0.2) is 6.61 Å². The van der Waals surface area contributed by atoms with Crippen LogP contribution in [0, 0.1) is 0 Å². The number of nitrogens with zero attached hydrogens (tertiary/aromatic N) is 3. The summed E-state index contributed by atoms with van der Waals surface area (Å²) < 4.78 is 6.16. The molecule has 0 aliphatic heterocycles. The number of aromatic nitrogens is 4. The third-order valence-electron chi connectivity index (χ3n) is 1.93. The zero-order valence-electron chi connectivity index (χ0n) is 8.66. The molecular formula is C9H9N5O3. The lowest BCUT2D eigenvalue weighted by Crippen LogP contribution is -2.20. The molecule has 0 radical (unpaired) electrons. The highest BCUT2D eigenvalue weighted by molar-refractivity contribution is 5.75. The van der Waals surface area contributed by atoms with Crippen LogP contribution in [0.5, 0.6) is 5.75 Å². The average Bonchev–Trinajstić information content (AvgIpc) is 2.73. The predicted octanol–water partition coefficient (Wildman–Crippen LogP) is -1.18. The Balaban J connectivity index is 2.16. The van der Waals surface area contributed by atoms with Gasteiger partial charge in [-0.1, -0.05) is 0 Å². The van der Waals surface area contributed by atoms with Crippen molar-refractivity contribution in [1.82, 2.24) is 20.2 Å². The van der Waals surface area contributed by atoms with Gasteiger partial charge in [0.1, 0.15) is 5.75 Å². The van der Waals surface area contributed by atoms with Crippen LogP contribution in [0.25, 0.3) is 5.69 Å². The smallest absolute Gasteiger partial charge is 0.365 e. The molecule has 2 rings (SSSR count). The number of carbonyl (C=O) groups is 1. The van der Waals surface area contributed by atoms with E-state index in [1.165, 1.54) is 0 Å². The number of nitrogens with two attached hydrogens (primary N) is 1. The van der Waals surface area contributed by atoms with Crippen LogP contribution in [0.4, 0.5) is 0 Å². The van der Waals surface area contributed by atoms with Crippen molar-refractivity contribution in [3.63, 3.8) is 0 Å². The van der Waals surface area contributed by atoms with Crippen LogP contribution in [0.2, 0.25) is 0 Å². The standard InChI is InChI=1S/C9H9N5O3/c10-8(15)5-17-7-3-1-6(2-4-7)14-9(16)11-12-13-14/h1-4H,5H2,(H2,10,15)(H,11,13,16). The topological polar surface area (TPSA) is 116 Å². The molecule has 1 heterocycles. The van der Waals surface area contributed by atoms with Crippen molar-refractivity contribution in [2.75, 3.05) is 6.61 Å². The van der Waals surface area contributed by atoms with Gasteiger partial charge in [-0.05, 0) is 34.7 Å². The number of rotatable bonds is 4. The lowest BCUT2D eigenvalue weighted by atomic mass is 10.3. The van der Waals surface area contributed by atoms with Gasteiger partial charge < -0.3 is 10.5 Å². The molecule has 0 saturated carbocycles. The Kier molecular flexibility index (Phi) is 2.86. The summed E-state index contributed by atoms with van der Waals surface area (Å²) in [7, 11) is 0. The summed E-state index contributed by atoms with van der Waals surface area (Å²) >= 11 is 0. The Morgan fingerprint density at radius 1 is 1.41 bits per heavy atom. The molecule has 3 N–H and O–H groups in total. The summed E-state index contributed by atoms with van der Waals surface area (Å²) in [5.74, 6) is -0.0779. The molecule has 2 aromatic rings. The SMILES string of the molecule is NC(=O)COc1ccc(-n2nn[nH]c2=O)cc1. The van der Waals surface area contributed by atoms with Crippen LogP contribution in [-0.4, -0.2) is 32.7 Å². The number of tetrazole rings is 1. The molecule has 1 aromatic heterocycles. The number of aromatic amines is 1. The minimum absolute atomic E-state index is 0.191. The second-order valence-electron chi connectivity index (χ2n) is 3.17. The maximum atomic E-state index is 11.2. The van der Waals surface area contributed by atoms with Gasteiger partial charge in [0.2, 0.25) is 0 Å². The summed E-state index contributed by atoms with van der Waals surface area (Å²) in [6.07, 6.45) is 0. The number of carbonyl (C=O) groups excluding carboxylic acids is 1. The Bertz CT molecular complexity index is 571. The molecule has 0 spiro atoms. The first-order chi connectivity index (χ1) is 8.16. The van der Waals surface area contributed by atoms with E-state index in [0.717, 1.165) is 4.68 Å². The summed E-state index contributed by atoms with van der Waals surface area (Å²) in [6.45, 7) is -0.191. The van der Waals surface area contributed by atoms with Crippen LogP contribution >= 0.6 is 0 Å². The van der Waals surface area contributed by atoms with E-state index in [4.69, 9.17) is 10.5 Å². The molecule has 1 aromatic carbocycles. The van der Waals surface area contributed by atoms with Gasteiger partial charge in [-0.3, -0.25) is 4.79 Å². The molecule has 88 valence electrons. The molecule has 17 heavy (non-hydrogen) atoms. The van der Waals surface area contributed by atoms with Crippen molar-refractivity contribution in [3.8, 4) is 11.4 Å². The normalized spacial score (nSPS) is 10.1. The minimum atomic E-state index is -0.554. The van der Waals surface area contributed by atoms with E-state index >= 15 is 0 Å². The Morgan fingerprint density at radius 3 is 2.65 bits per heavy atom. The van der Waals surface area contributed by atoms with Gasteiger partial charge in [0, 0.05) is 0 Å². The molecule has 8 heteroatoms. The van der Waals surface area contributed by atoms with Crippen molar-refractivity contribution in [1.29, 1.82) is 0 Å². The minimum Gasteiger partial charge on any atom is -0.484 e. The predicted molar refractivity (Wildman–Crippen MR) is 56.7 cm³/mol. The number of H-pyrrole nitrogens is 1. The largest absolute Gasteiger partial charge is 0.484 e. The maximum Gasteiger partial charge on any atom is 0.365 e. The molecule has 8 nitrogen and oxygen atoms in total. The average molecular weight is 235 g/mol. The molecule has 1 amide bonds. The van der Waals surface area contributed by atoms with Crippen molar-refractivity contribution in [2.24, 2.45) is 5.73 Å². The van der Waals surface area contributed by atoms with Crippen LogP contribution in [0.3, 0.4) is 0 Å². The highest BCUT2D eigenvalue weighted by atomic mass is 16.5. The van der Waals surface area contributed by atoms with E-state index < -0.39 is 11.6 Å². The van der Waals surface area contributed by atoms with Crippen LogP contribution < -0.4 is 16.2 Å². The van der Waals surface area contributed by atoms with E-state index in [2.05, 4.69) is 15.5 Å². The lowest BCUT2D eigenvalue weighted by molar-refractivity contribution is -0.119. The molecule has 0 aliphatic carbocycles. The molecule has 0 aliphatic rings. The van der Waals surface area contributed by atoms with E-state index in [1.54, 1.807) is 24.3 Å². The van der Waals surface area contributed by atoms with Gasteiger partial charge in [0.05, 0.1) is 5.69 Å². The summed E-state index contributed by atoms with van der Waals surface area (Å²) in [5, 5.41) is 9.11. The summed E-state index contributed by atoms with van der Waals surface area (Å²) in [4.78, 5) is 21.7. The van der Waals surface area contributed by atoms with Crippen molar-refractivity contribution in [3.05, 3.63) is 34.7 Å². The molecule has 0 bridgehead atoms. The quantitative estimate of drug-likeness (QED) is 0.691. The molecule has 0 unspecified atom stereocenters. The first kappa shape index (κ1) is 10.9. The lowest BCUT2D eigenvalue weighted by Gasteiger charge is -2.04. The van der Waals surface area contributed by atoms with Gasteiger partial charge in [0.25, 0.3) is 5.91 Å². The maximum absolute atomic E-state index is 11.2. The van der Waals surface area contributed by atoms with Gasteiger partial charge in [-0.15, -0.1) is 0 Å². The van der Waals surface area contributed by atoms with Crippen LogP contribution in [-0.2, 0) is 4.79 Å². The number of amides is 1. The number of benzene rings is 1. The number of hydrogen-bond donors (Lipinski definition) is 2. The van der Waals surface area contributed by atoms with Gasteiger partial charge in [-0.2, -0.15) is 4.68 Å². The van der Waals surface area contributed by atoms with Crippen LogP contribution in [0.1, 0.15) is 0 Å². The monoisotopic (exact) mass is 235 g/mol. The Hall–Kier alpha value is -2.64. The second kappa shape index (κ2) is 4.47. The Morgan fingerprint density at radius 2 is 2.12 bits per heavy atom. The molecule has 0 atom stereocenters. The van der Waals surface area contributed by atoms with E-state index in [-0.39, 0.29) is 6.61 Å². The number of primary amides is 1. The van der Waals surface area contributed by atoms with Crippen LogP contribution in [0.15, 0.2) is 29.1 Å². The summed E-state index contributed by atoms with van der Waals surface area (Å²) in [5.41, 5.74) is 5.04. The first-order valence-electron chi connectivity index (χ1n) is 4.69. The zero-order valence-corrected chi connectivity index (χ0v) is 8.66. The fourth-order valence-corrected chi connectivity index (χ4v) is 1.20. The molecular weight excluding hydrogens is 226 g/mol. The van der Waals surface area contributed by atoms with E-state index in [0.29, 0.717) is 11.4 Å². The van der Waals surface area contributed by atoms with E-state index in [9.17, 15) is 9.59 Å². The van der Waals surface area contributed by atoms with E-state index in [1.807, 2.05) is 0 Å². The third kappa shape index (κ3) is 2.48. The fourth-order valence-electron chi connectivity index (χ4n) is 1.20. The second-order valence-corrected chi connectivity index (χ2v) is 3.17. The highest BCUT2D eigenvalue weighted by Crippen LogP contribution is 2.13. The van der Waals surface area contributed by atoms with Crippen molar-refractivity contribution in [2.45, 2.75) is 0 Å². The zero-order chi connectivity index (χ0) is 12.3.